The van der Waals surface area contributed by atoms with Crippen LogP contribution in [0, 0.1) is 6.92 Å². The fraction of sp³-hybridized carbons (Fsp3) is 0.207. The molecule has 1 heterocycles. The Labute approximate surface area is 210 Å². The summed E-state index contributed by atoms with van der Waals surface area (Å²) in [6.07, 6.45) is 2.99. The SMILES string of the molecule is COc1cc2nccc(Oc3ccc(CC(=S)CC(=O)Cc4ccccc4)c(C)c3)c2cc1OC. The molecule has 4 aromatic rings. The van der Waals surface area contributed by atoms with E-state index in [9.17, 15) is 4.79 Å². The molecule has 0 radical (unpaired) electrons. The van der Waals surface area contributed by atoms with Crippen molar-refractivity contribution in [2.45, 2.75) is 26.2 Å². The first-order chi connectivity index (χ1) is 17.0. The van der Waals surface area contributed by atoms with Crippen LogP contribution < -0.4 is 14.2 Å². The molecule has 0 atom stereocenters. The number of fused-ring (bicyclic) bond motifs is 1. The summed E-state index contributed by atoms with van der Waals surface area (Å²) in [6.45, 7) is 2.02. The standard InChI is InChI=1S/C29H27NO4S/c1-19-13-23(34-27-11-12-30-26-18-29(33-3)28(32-2)17-25(26)27)10-9-21(19)15-24(35)16-22(31)14-20-7-5-4-6-8-20/h4-13,17-18H,14-16H2,1-3H3. The summed E-state index contributed by atoms with van der Waals surface area (Å²) in [4.78, 5) is 17.6. The Morgan fingerprint density at radius 2 is 1.63 bits per heavy atom. The lowest BCUT2D eigenvalue weighted by Crippen LogP contribution is -2.11. The van der Waals surface area contributed by atoms with E-state index in [1.54, 1.807) is 20.4 Å². The first-order valence-corrected chi connectivity index (χ1v) is 11.7. The molecule has 0 bridgehead atoms. The maximum absolute atomic E-state index is 12.4. The fourth-order valence-corrected chi connectivity index (χ4v) is 4.29. The largest absolute Gasteiger partial charge is 0.493 e. The van der Waals surface area contributed by atoms with E-state index in [0.717, 1.165) is 32.5 Å². The minimum Gasteiger partial charge on any atom is -0.493 e. The minimum absolute atomic E-state index is 0.135. The maximum atomic E-state index is 12.4. The molecule has 0 unspecified atom stereocenters. The Bertz CT molecular complexity index is 1370. The highest BCUT2D eigenvalue weighted by Gasteiger charge is 2.13. The second-order valence-electron chi connectivity index (χ2n) is 8.32. The van der Waals surface area contributed by atoms with Crippen molar-refractivity contribution in [2.75, 3.05) is 14.2 Å². The average molecular weight is 486 g/mol. The quantitative estimate of drug-likeness (QED) is 0.240. The van der Waals surface area contributed by atoms with E-state index in [4.69, 9.17) is 26.4 Å². The van der Waals surface area contributed by atoms with E-state index in [2.05, 4.69) is 4.98 Å². The van der Waals surface area contributed by atoms with Gasteiger partial charge in [-0.15, -0.1) is 0 Å². The zero-order chi connectivity index (χ0) is 24.8. The van der Waals surface area contributed by atoms with E-state index in [1.807, 2.05) is 73.7 Å². The third kappa shape index (κ3) is 6.03. The number of thiocarbonyl (C=S) groups is 1. The van der Waals surface area contributed by atoms with Crippen molar-refractivity contribution in [3.8, 4) is 23.0 Å². The van der Waals surface area contributed by atoms with Gasteiger partial charge in [0.05, 0.1) is 19.7 Å². The van der Waals surface area contributed by atoms with Gasteiger partial charge in [-0.3, -0.25) is 9.78 Å². The Morgan fingerprint density at radius 3 is 2.34 bits per heavy atom. The highest BCUT2D eigenvalue weighted by molar-refractivity contribution is 7.80. The van der Waals surface area contributed by atoms with Crippen molar-refractivity contribution in [2.24, 2.45) is 0 Å². The molecule has 0 N–H and O–H groups in total. The van der Waals surface area contributed by atoms with Gasteiger partial charge in [-0.25, -0.2) is 0 Å². The lowest BCUT2D eigenvalue weighted by atomic mass is 9.99. The predicted octanol–water partition coefficient (Wildman–Crippen LogP) is 6.47. The summed E-state index contributed by atoms with van der Waals surface area (Å²) >= 11 is 5.54. The van der Waals surface area contributed by atoms with Crippen LogP contribution in [0.15, 0.2) is 72.9 Å². The number of ketones is 1. The fourth-order valence-electron chi connectivity index (χ4n) is 3.97. The lowest BCUT2D eigenvalue weighted by molar-refractivity contribution is -0.117. The van der Waals surface area contributed by atoms with Crippen LogP contribution in [0.5, 0.6) is 23.0 Å². The van der Waals surface area contributed by atoms with Crippen LogP contribution in [0.1, 0.15) is 23.1 Å². The number of pyridine rings is 1. The molecule has 0 saturated carbocycles. The first kappa shape index (κ1) is 24.4. The molecule has 1 aromatic heterocycles. The number of benzene rings is 3. The third-order valence-electron chi connectivity index (χ3n) is 5.77. The molecular formula is C29H27NO4S. The molecule has 0 aliphatic heterocycles. The van der Waals surface area contributed by atoms with Crippen molar-refractivity contribution in [1.29, 1.82) is 0 Å². The number of hydrogen-bond donors (Lipinski definition) is 0. The van der Waals surface area contributed by atoms with Crippen LogP contribution >= 0.6 is 12.2 Å². The maximum Gasteiger partial charge on any atom is 0.162 e. The normalized spacial score (nSPS) is 10.7. The molecule has 6 heteroatoms. The van der Waals surface area contributed by atoms with E-state index in [-0.39, 0.29) is 5.78 Å². The Kier molecular flexibility index (Phi) is 7.73. The van der Waals surface area contributed by atoms with Gasteiger partial charge in [-0.05, 0) is 47.9 Å². The van der Waals surface area contributed by atoms with Crippen LogP contribution in [0.25, 0.3) is 10.9 Å². The average Bonchev–Trinajstić information content (AvgIpc) is 2.85. The summed E-state index contributed by atoms with van der Waals surface area (Å²) in [5.74, 6) is 2.74. The lowest BCUT2D eigenvalue weighted by Gasteiger charge is -2.14. The molecule has 0 fully saturated rings. The van der Waals surface area contributed by atoms with Crippen molar-refractivity contribution >= 4 is 33.8 Å². The topological polar surface area (TPSA) is 57.7 Å². The van der Waals surface area contributed by atoms with Gasteiger partial charge in [0.15, 0.2) is 11.5 Å². The van der Waals surface area contributed by atoms with E-state index in [0.29, 0.717) is 42.3 Å². The molecule has 0 aliphatic rings. The van der Waals surface area contributed by atoms with Crippen LogP contribution in [-0.2, 0) is 17.6 Å². The highest BCUT2D eigenvalue weighted by Crippen LogP contribution is 2.37. The van der Waals surface area contributed by atoms with Gasteiger partial charge in [0.25, 0.3) is 0 Å². The molecule has 0 spiro atoms. The number of aromatic nitrogens is 1. The van der Waals surface area contributed by atoms with Crippen molar-refractivity contribution in [3.63, 3.8) is 0 Å². The summed E-state index contributed by atoms with van der Waals surface area (Å²) in [5, 5.41) is 0.824. The first-order valence-electron chi connectivity index (χ1n) is 11.3. The van der Waals surface area contributed by atoms with Crippen LogP contribution in [0.3, 0.4) is 0 Å². The molecule has 0 saturated heterocycles. The minimum atomic E-state index is 0.135. The number of nitrogens with zero attached hydrogens (tertiary/aromatic N) is 1. The Balaban J connectivity index is 1.45. The number of hydrogen-bond acceptors (Lipinski definition) is 6. The van der Waals surface area contributed by atoms with E-state index < -0.39 is 0 Å². The summed E-state index contributed by atoms with van der Waals surface area (Å²) in [7, 11) is 3.20. The number of Topliss-reactive ketones (excluding diaryl/α,β-unsaturated/α-hetero) is 1. The van der Waals surface area contributed by atoms with Gasteiger partial charge in [0.2, 0.25) is 0 Å². The Hall–Kier alpha value is -3.77. The van der Waals surface area contributed by atoms with Gasteiger partial charge in [-0.1, -0.05) is 48.6 Å². The predicted molar refractivity (Wildman–Crippen MR) is 142 cm³/mol. The molecule has 5 nitrogen and oxygen atoms in total. The summed E-state index contributed by atoms with van der Waals surface area (Å²) in [6, 6.07) is 21.2. The third-order valence-corrected chi connectivity index (χ3v) is 6.06. The molecule has 4 rings (SSSR count). The number of methoxy groups -OCH3 is 2. The van der Waals surface area contributed by atoms with Gasteiger partial charge < -0.3 is 14.2 Å². The molecule has 0 amide bonds. The monoisotopic (exact) mass is 485 g/mol. The van der Waals surface area contributed by atoms with E-state index >= 15 is 0 Å². The Morgan fingerprint density at radius 1 is 0.886 bits per heavy atom. The van der Waals surface area contributed by atoms with Crippen LogP contribution in [0.4, 0.5) is 0 Å². The van der Waals surface area contributed by atoms with Gasteiger partial charge in [0, 0.05) is 41.8 Å². The van der Waals surface area contributed by atoms with E-state index in [1.165, 1.54) is 0 Å². The van der Waals surface area contributed by atoms with Crippen LogP contribution in [0.2, 0.25) is 0 Å². The molecule has 178 valence electrons. The van der Waals surface area contributed by atoms with Gasteiger partial charge in [-0.2, -0.15) is 0 Å². The second-order valence-corrected chi connectivity index (χ2v) is 8.89. The van der Waals surface area contributed by atoms with Crippen molar-refractivity contribution < 1.29 is 19.0 Å². The summed E-state index contributed by atoms with van der Waals surface area (Å²) < 4.78 is 17.0. The van der Waals surface area contributed by atoms with Gasteiger partial charge in [0.1, 0.15) is 17.3 Å². The zero-order valence-corrected chi connectivity index (χ0v) is 20.9. The summed E-state index contributed by atoms with van der Waals surface area (Å²) in [5.41, 5.74) is 3.90. The second kappa shape index (κ2) is 11.1. The number of carbonyl (C=O) groups excluding carboxylic acids is 1. The molecule has 0 aliphatic carbocycles. The van der Waals surface area contributed by atoms with Crippen molar-refractivity contribution in [1.82, 2.24) is 4.98 Å². The number of carbonyl (C=O) groups is 1. The number of rotatable bonds is 10. The van der Waals surface area contributed by atoms with Gasteiger partial charge >= 0.3 is 0 Å². The molecule has 3 aromatic carbocycles. The number of ether oxygens (including phenoxy) is 3. The van der Waals surface area contributed by atoms with Crippen LogP contribution in [-0.4, -0.2) is 29.9 Å². The molecule has 35 heavy (non-hydrogen) atoms. The zero-order valence-electron chi connectivity index (χ0n) is 20.0. The molecular weight excluding hydrogens is 458 g/mol. The number of aryl methyl sites for hydroxylation is 1. The highest BCUT2D eigenvalue weighted by atomic mass is 32.1. The smallest absolute Gasteiger partial charge is 0.162 e. The van der Waals surface area contributed by atoms with Crippen molar-refractivity contribution in [3.05, 3.63) is 89.6 Å².